The Morgan fingerprint density at radius 1 is 1.33 bits per heavy atom. The van der Waals surface area contributed by atoms with E-state index in [0.717, 1.165) is 12.8 Å². The largest absolute Gasteiger partial charge is 0.480 e. The molecule has 0 aromatic carbocycles. The van der Waals surface area contributed by atoms with Crippen LogP contribution in [0.15, 0.2) is 0 Å². The van der Waals surface area contributed by atoms with Crippen LogP contribution in [0.2, 0.25) is 0 Å². The molecule has 0 amide bonds. The molecule has 0 bridgehead atoms. The number of β-amino-alcohol motifs (C(OH)–C–C–N with tert-alkyl or cyclic N) is 1. The number of aliphatic carboxylic acids is 1. The number of aliphatic hydroxyl groups is 1. The van der Waals surface area contributed by atoms with Gasteiger partial charge in [0.15, 0.2) is 0 Å². The van der Waals surface area contributed by atoms with Crippen molar-refractivity contribution in [2.24, 2.45) is 0 Å². The predicted molar refractivity (Wildman–Crippen MR) is 52.6 cm³/mol. The fourth-order valence-corrected chi connectivity index (χ4v) is 2.50. The van der Waals surface area contributed by atoms with Gasteiger partial charge in [0, 0.05) is 32.2 Å². The lowest BCUT2D eigenvalue weighted by atomic mass is 10.1. The van der Waals surface area contributed by atoms with Gasteiger partial charge < -0.3 is 14.9 Å². The summed E-state index contributed by atoms with van der Waals surface area (Å²) in [4.78, 5) is 12.9. The van der Waals surface area contributed by atoms with Crippen molar-refractivity contribution in [3.05, 3.63) is 0 Å². The van der Waals surface area contributed by atoms with Crippen LogP contribution in [0.4, 0.5) is 0 Å². The number of nitrogens with zero attached hydrogens (tertiary/aromatic N) is 1. The number of hydrogen-bond acceptors (Lipinski definition) is 4. The minimum atomic E-state index is -0.821. The van der Waals surface area contributed by atoms with Crippen molar-refractivity contribution >= 4 is 5.97 Å². The lowest BCUT2D eigenvalue weighted by Gasteiger charge is -2.33. The molecular weight excluding hydrogens is 198 g/mol. The van der Waals surface area contributed by atoms with Gasteiger partial charge in [0.2, 0.25) is 0 Å². The van der Waals surface area contributed by atoms with Crippen LogP contribution in [-0.4, -0.2) is 59.0 Å². The Bertz CT molecular complexity index is 240. The number of rotatable bonds is 2. The van der Waals surface area contributed by atoms with Gasteiger partial charge in [-0.25, -0.2) is 0 Å². The summed E-state index contributed by atoms with van der Waals surface area (Å²) in [6, 6.07) is -0.250. The highest BCUT2D eigenvalue weighted by molar-refractivity contribution is 5.74. The Balaban J connectivity index is 2.02. The Labute approximate surface area is 88.6 Å². The van der Waals surface area contributed by atoms with Crippen LogP contribution in [0.1, 0.15) is 19.3 Å². The van der Waals surface area contributed by atoms with Crippen LogP contribution >= 0.6 is 0 Å². The van der Waals surface area contributed by atoms with Crippen LogP contribution in [-0.2, 0) is 9.53 Å². The minimum absolute atomic E-state index is 0.261. The third-order valence-electron chi connectivity index (χ3n) is 3.26. The molecule has 2 saturated heterocycles. The fraction of sp³-hybridized carbons (Fsp3) is 0.900. The van der Waals surface area contributed by atoms with Gasteiger partial charge in [-0.2, -0.15) is 0 Å². The normalized spacial score (nSPS) is 34.5. The first-order valence-corrected chi connectivity index (χ1v) is 5.43. The molecule has 2 fully saturated rings. The van der Waals surface area contributed by atoms with Gasteiger partial charge in [-0.05, 0) is 12.8 Å². The first kappa shape index (κ1) is 10.9. The van der Waals surface area contributed by atoms with Crippen molar-refractivity contribution in [2.45, 2.75) is 37.5 Å². The highest BCUT2D eigenvalue weighted by atomic mass is 16.5. The number of likely N-dealkylation sites (tertiary alicyclic amines) is 1. The molecule has 15 heavy (non-hydrogen) atoms. The maximum Gasteiger partial charge on any atom is 0.321 e. The van der Waals surface area contributed by atoms with E-state index in [-0.39, 0.29) is 6.04 Å². The molecule has 0 aromatic heterocycles. The number of carboxylic acids is 1. The summed E-state index contributed by atoms with van der Waals surface area (Å²) in [5, 5.41) is 18.6. The van der Waals surface area contributed by atoms with E-state index in [0.29, 0.717) is 26.2 Å². The maximum atomic E-state index is 11.0. The number of aliphatic hydroxyl groups excluding tert-OH is 1. The van der Waals surface area contributed by atoms with Gasteiger partial charge in [-0.15, -0.1) is 0 Å². The molecule has 0 radical (unpaired) electrons. The van der Waals surface area contributed by atoms with E-state index >= 15 is 0 Å². The maximum absolute atomic E-state index is 11.0. The van der Waals surface area contributed by atoms with Gasteiger partial charge in [-0.1, -0.05) is 0 Å². The summed E-state index contributed by atoms with van der Waals surface area (Å²) in [7, 11) is 0. The van der Waals surface area contributed by atoms with Crippen LogP contribution in [0.5, 0.6) is 0 Å². The molecule has 2 heterocycles. The summed E-state index contributed by atoms with van der Waals surface area (Å²) in [6.45, 7) is 1.88. The number of ether oxygens (including phenoxy) is 1. The monoisotopic (exact) mass is 215 g/mol. The molecule has 2 aliphatic heterocycles. The minimum Gasteiger partial charge on any atom is -0.480 e. The molecule has 0 unspecified atom stereocenters. The third kappa shape index (κ3) is 2.30. The third-order valence-corrected chi connectivity index (χ3v) is 3.26. The number of hydrogen-bond donors (Lipinski definition) is 2. The summed E-state index contributed by atoms with van der Waals surface area (Å²) >= 11 is 0. The van der Waals surface area contributed by atoms with Crippen LogP contribution < -0.4 is 0 Å². The molecule has 0 aliphatic carbocycles. The second kappa shape index (κ2) is 4.47. The van der Waals surface area contributed by atoms with Gasteiger partial charge in [0.05, 0.1) is 6.10 Å². The predicted octanol–water partition coefficient (Wildman–Crippen LogP) is -0.315. The lowest BCUT2D eigenvalue weighted by Crippen LogP contribution is -2.45. The van der Waals surface area contributed by atoms with E-state index in [1.807, 2.05) is 4.90 Å². The molecule has 2 aliphatic rings. The van der Waals surface area contributed by atoms with Crippen molar-refractivity contribution in [1.82, 2.24) is 4.90 Å². The van der Waals surface area contributed by atoms with E-state index in [1.165, 1.54) is 0 Å². The summed E-state index contributed by atoms with van der Waals surface area (Å²) in [5.41, 5.74) is 0. The molecule has 2 rings (SSSR count). The van der Waals surface area contributed by atoms with E-state index in [4.69, 9.17) is 9.84 Å². The second-order valence-electron chi connectivity index (χ2n) is 4.28. The molecule has 0 aromatic rings. The highest BCUT2D eigenvalue weighted by Crippen LogP contribution is 2.25. The van der Waals surface area contributed by atoms with E-state index in [1.54, 1.807) is 0 Å². The van der Waals surface area contributed by atoms with Crippen molar-refractivity contribution in [1.29, 1.82) is 0 Å². The molecule has 0 spiro atoms. The zero-order valence-corrected chi connectivity index (χ0v) is 8.63. The molecule has 2 atom stereocenters. The molecule has 5 nitrogen and oxygen atoms in total. The highest BCUT2D eigenvalue weighted by Gasteiger charge is 2.39. The van der Waals surface area contributed by atoms with E-state index < -0.39 is 18.1 Å². The first-order valence-electron chi connectivity index (χ1n) is 5.43. The zero-order chi connectivity index (χ0) is 10.8. The fourth-order valence-electron chi connectivity index (χ4n) is 2.50. The van der Waals surface area contributed by atoms with Crippen molar-refractivity contribution in [3.8, 4) is 0 Å². The summed E-state index contributed by atoms with van der Waals surface area (Å²) in [5.74, 6) is -0.821. The van der Waals surface area contributed by atoms with Crippen molar-refractivity contribution in [3.63, 3.8) is 0 Å². The summed E-state index contributed by atoms with van der Waals surface area (Å²) < 4.78 is 5.25. The van der Waals surface area contributed by atoms with Crippen molar-refractivity contribution in [2.75, 3.05) is 19.8 Å². The van der Waals surface area contributed by atoms with E-state index in [9.17, 15) is 9.90 Å². The quantitative estimate of drug-likeness (QED) is 0.661. The average Bonchev–Trinajstić information content (AvgIpc) is 2.62. The lowest BCUT2D eigenvalue weighted by molar-refractivity contribution is -0.143. The number of carbonyl (C=O) groups is 1. The Kier molecular flexibility index (Phi) is 3.23. The van der Waals surface area contributed by atoms with Crippen molar-refractivity contribution < 1.29 is 19.7 Å². The smallest absolute Gasteiger partial charge is 0.321 e. The topological polar surface area (TPSA) is 70.0 Å². The Morgan fingerprint density at radius 3 is 2.60 bits per heavy atom. The van der Waals surface area contributed by atoms with Gasteiger partial charge in [-0.3, -0.25) is 9.69 Å². The van der Waals surface area contributed by atoms with Crippen LogP contribution in [0, 0.1) is 0 Å². The van der Waals surface area contributed by atoms with Gasteiger partial charge >= 0.3 is 5.97 Å². The zero-order valence-electron chi connectivity index (χ0n) is 8.63. The molecular formula is C10H17NO4. The first-order chi connectivity index (χ1) is 7.18. The van der Waals surface area contributed by atoms with Gasteiger partial charge in [0.25, 0.3) is 0 Å². The van der Waals surface area contributed by atoms with E-state index in [2.05, 4.69) is 0 Å². The van der Waals surface area contributed by atoms with Crippen LogP contribution in [0.3, 0.4) is 0 Å². The average molecular weight is 215 g/mol. The van der Waals surface area contributed by atoms with Gasteiger partial charge in [0.1, 0.15) is 6.04 Å². The molecule has 86 valence electrons. The molecule has 5 heteroatoms. The Morgan fingerprint density at radius 2 is 2.00 bits per heavy atom. The second-order valence-corrected chi connectivity index (χ2v) is 4.28. The summed E-state index contributed by atoms with van der Waals surface area (Å²) in [6.07, 6.45) is 1.61. The number of carboxylic acid groups (broad SMARTS) is 1. The molecule has 2 N–H and O–H groups in total. The Hall–Kier alpha value is -0.650. The standard InChI is InChI=1S/C10H17NO4/c12-8-5-9(10(13)14)11(6-8)7-1-3-15-4-2-7/h7-9,12H,1-6H2,(H,13,14)/t8-,9+/m1/s1. The molecule has 0 saturated carbocycles. The SMILES string of the molecule is O=C(O)[C@@H]1C[C@@H](O)CN1C1CCOCC1. The van der Waals surface area contributed by atoms with Crippen LogP contribution in [0.25, 0.3) is 0 Å².